The first-order valence-electron chi connectivity index (χ1n) is 4.53. The molecule has 0 amide bonds. The fourth-order valence-corrected chi connectivity index (χ4v) is 1.94. The molecular weight excluding hydrogens is 214 g/mol. The minimum absolute atomic E-state index is 0.125. The van der Waals surface area contributed by atoms with Gasteiger partial charge in [0.15, 0.2) is 0 Å². The topological polar surface area (TPSA) is 0 Å². The molecule has 0 aliphatic carbocycles. The summed E-state index contributed by atoms with van der Waals surface area (Å²) in [7, 11) is 0. The van der Waals surface area contributed by atoms with Gasteiger partial charge in [-0.3, -0.25) is 0 Å². The standard InChI is InChI=1S/C9H17Cl3/c1-3-5-6-8(10)7-9(11,12)4-2/h8H,3-7H2,1-2H3. The first-order chi connectivity index (χ1) is 5.52. The third kappa shape index (κ3) is 6.39. The molecule has 0 nitrogen and oxygen atoms in total. The molecule has 0 saturated carbocycles. The maximum absolute atomic E-state index is 6.05. The molecule has 0 N–H and O–H groups in total. The number of rotatable bonds is 6. The van der Waals surface area contributed by atoms with Crippen LogP contribution in [0.3, 0.4) is 0 Å². The maximum atomic E-state index is 6.05. The van der Waals surface area contributed by atoms with Crippen molar-refractivity contribution in [2.24, 2.45) is 0 Å². The van der Waals surface area contributed by atoms with E-state index in [1.165, 1.54) is 6.42 Å². The number of hydrogen-bond acceptors (Lipinski definition) is 0. The van der Waals surface area contributed by atoms with Gasteiger partial charge < -0.3 is 0 Å². The summed E-state index contributed by atoms with van der Waals surface area (Å²) in [5, 5.41) is 0.125. The molecule has 0 spiro atoms. The van der Waals surface area contributed by atoms with Crippen LogP contribution in [0.4, 0.5) is 0 Å². The van der Waals surface area contributed by atoms with Gasteiger partial charge in [0.1, 0.15) is 4.33 Å². The molecule has 0 aromatic rings. The van der Waals surface area contributed by atoms with E-state index in [0.717, 1.165) is 19.3 Å². The Morgan fingerprint density at radius 1 is 1.25 bits per heavy atom. The molecule has 0 bridgehead atoms. The Kier molecular flexibility index (Phi) is 6.80. The Labute approximate surface area is 90.6 Å². The second kappa shape index (κ2) is 6.34. The number of hydrogen-bond donors (Lipinski definition) is 0. The van der Waals surface area contributed by atoms with Crippen molar-refractivity contribution < 1.29 is 0 Å². The molecule has 0 heterocycles. The van der Waals surface area contributed by atoms with Crippen LogP contribution in [0.5, 0.6) is 0 Å². The third-order valence-corrected chi connectivity index (χ3v) is 3.12. The molecule has 0 fully saturated rings. The Morgan fingerprint density at radius 3 is 2.25 bits per heavy atom. The fraction of sp³-hybridized carbons (Fsp3) is 1.00. The summed E-state index contributed by atoms with van der Waals surface area (Å²) in [4.78, 5) is 0. The summed E-state index contributed by atoms with van der Waals surface area (Å²) in [6, 6.07) is 0. The Bertz CT molecular complexity index is 112. The highest BCUT2D eigenvalue weighted by molar-refractivity contribution is 6.48. The van der Waals surface area contributed by atoms with Gasteiger partial charge in [0, 0.05) is 5.38 Å². The van der Waals surface area contributed by atoms with Crippen LogP contribution >= 0.6 is 34.8 Å². The van der Waals surface area contributed by atoms with Crippen LogP contribution in [-0.2, 0) is 0 Å². The highest BCUT2D eigenvalue weighted by Crippen LogP contribution is 2.33. The summed E-state index contributed by atoms with van der Waals surface area (Å²) in [5.74, 6) is 0. The van der Waals surface area contributed by atoms with Crippen LogP contribution in [-0.4, -0.2) is 9.71 Å². The quantitative estimate of drug-likeness (QED) is 0.578. The average molecular weight is 232 g/mol. The van der Waals surface area contributed by atoms with Crippen LogP contribution in [0.1, 0.15) is 46.0 Å². The Balaban J connectivity index is 3.60. The van der Waals surface area contributed by atoms with E-state index in [4.69, 9.17) is 34.8 Å². The molecule has 0 aliphatic heterocycles. The van der Waals surface area contributed by atoms with Gasteiger partial charge in [-0.05, 0) is 19.3 Å². The largest absolute Gasteiger partial charge is 0.123 e. The van der Waals surface area contributed by atoms with Crippen LogP contribution < -0.4 is 0 Å². The van der Waals surface area contributed by atoms with E-state index in [9.17, 15) is 0 Å². The summed E-state index contributed by atoms with van der Waals surface area (Å²) in [6.45, 7) is 4.13. The zero-order chi connectivity index (χ0) is 9.61. The first-order valence-corrected chi connectivity index (χ1v) is 5.73. The molecule has 3 heteroatoms. The zero-order valence-corrected chi connectivity index (χ0v) is 10.0. The lowest BCUT2D eigenvalue weighted by atomic mass is 10.1. The van der Waals surface area contributed by atoms with E-state index in [1.54, 1.807) is 0 Å². The second-order valence-corrected chi connectivity index (χ2v) is 5.41. The third-order valence-electron chi connectivity index (χ3n) is 1.91. The monoisotopic (exact) mass is 230 g/mol. The predicted molar refractivity (Wildman–Crippen MR) is 58.5 cm³/mol. The van der Waals surface area contributed by atoms with Crippen LogP contribution in [0.25, 0.3) is 0 Å². The fourth-order valence-electron chi connectivity index (χ4n) is 0.996. The summed E-state index contributed by atoms with van der Waals surface area (Å²) in [5.41, 5.74) is 0. The lowest BCUT2D eigenvalue weighted by Crippen LogP contribution is -2.17. The van der Waals surface area contributed by atoms with Crippen molar-refractivity contribution in [3.8, 4) is 0 Å². The van der Waals surface area contributed by atoms with Gasteiger partial charge in [0.2, 0.25) is 0 Å². The highest BCUT2D eigenvalue weighted by Gasteiger charge is 2.24. The summed E-state index contributed by atoms with van der Waals surface area (Å²) >= 11 is 18.0. The highest BCUT2D eigenvalue weighted by atomic mass is 35.5. The zero-order valence-electron chi connectivity index (χ0n) is 7.75. The summed E-state index contributed by atoms with van der Waals surface area (Å²) in [6.07, 6.45) is 4.79. The molecule has 1 atom stereocenters. The lowest BCUT2D eigenvalue weighted by molar-refractivity contribution is 0.586. The number of unbranched alkanes of at least 4 members (excludes halogenated alkanes) is 1. The number of halogens is 3. The molecule has 1 unspecified atom stereocenters. The first kappa shape index (κ1) is 12.9. The van der Waals surface area contributed by atoms with Gasteiger partial charge in [-0.1, -0.05) is 26.7 Å². The van der Waals surface area contributed by atoms with E-state index >= 15 is 0 Å². The van der Waals surface area contributed by atoms with Crippen molar-refractivity contribution in [3.05, 3.63) is 0 Å². The van der Waals surface area contributed by atoms with Crippen molar-refractivity contribution in [2.45, 2.75) is 55.7 Å². The van der Waals surface area contributed by atoms with E-state index in [2.05, 4.69) is 6.92 Å². The smallest absolute Gasteiger partial charge is 0.119 e. The molecule has 0 aromatic heterocycles. The van der Waals surface area contributed by atoms with Gasteiger partial charge in [-0.15, -0.1) is 34.8 Å². The Morgan fingerprint density at radius 2 is 1.83 bits per heavy atom. The molecule has 0 saturated heterocycles. The average Bonchev–Trinajstić information content (AvgIpc) is 2.00. The van der Waals surface area contributed by atoms with E-state index in [-0.39, 0.29) is 5.38 Å². The molecule has 0 radical (unpaired) electrons. The van der Waals surface area contributed by atoms with E-state index in [0.29, 0.717) is 6.42 Å². The predicted octanol–water partition coefficient (Wildman–Crippen LogP) is 4.76. The van der Waals surface area contributed by atoms with Crippen LogP contribution in [0.2, 0.25) is 0 Å². The van der Waals surface area contributed by atoms with Crippen LogP contribution in [0.15, 0.2) is 0 Å². The minimum atomic E-state index is -0.625. The van der Waals surface area contributed by atoms with E-state index in [1.807, 2.05) is 6.92 Å². The maximum Gasteiger partial charge on any atom is 0.119 e. The second-order valence-electron chi connectivity index (χ2n) is 3.15. The van der Waals surface area contributed by atoms with Gasteiger partial charge in [-0.2, -0.15) is 0 Å². The molecular formula is C9H17Cl3. The molecule has 12 heavy (non-hydrogen) atoms. The number of alkyl halides is 3. The van der Waals surface area contributed by atoms with Crippen molar-refractivity contribution in [2.75, 3.05) is 0 Å². The van der Waals surface area contributed by atoms with Gasteiger partial charge >= 0.3 is 0 Å². The van der Waals surface area contributed by atoms with Gasteiger partial charge in [-0.25, -0.2) is 0 Å². The molecule has 0 aliphatic rings. The van der Waals surface area contributed by atoms with Crippen molar-refractivity contribution in [1.82, 2.24) is 0 Å². The Hall–Kier alpha value is 0.870. The lowest BCUT2D eigenvalue weighted by Gasteiger charge is -2.20. The SMILES string of the molecule is CCCCC(Cl)CC(Cl)(Cl)CC. The van der Waals surface area contributed by atoms with Crippen molar-refractivity contribution >= 4 is 34.8 Å². The summed E-state index contributed by atoms with van der Waals surface area (Å²) < 4.78 is -0.625. The normalized spacial score (nSPS) is 14.8. The van der Waals surface area contributed by atoms with Crippen molar-refractivity contribution in [1.29, 1.82) is 0 Å². The van der Waals surface area contributed by atoms with E-state index < -0.39 is 4.33 Å². The van der Waals surface area contributed by atoms with Crippen LogP contribution in [0, 0.1) is 0 Å². The molecule has 74 valence electrons. The molecule has 0 aromatic carbocycles. The minimum Gasteiger partial charge on any atom is -0.123 e. The van der Waals surface area contributed by atoms with Gasteiger partial charge in [0.05, 0.1) is 0 Å². The van der Waals surface area contributed by atoms with Gasteiger partial charge in [0.25, 0.3) is 0 Å². The molecule has 0 rings (SSSR count). The van der Waals surface area contributed by atoms with Crippen molar-refractivity contribution in [3.63, 3.8) is 0 Å².